The minimum absolute atomic E-state index is 0.399. The average Bonchev–Trinajstić information content (AvgIpc) is 2.85. The maximum atomic E-state index is 11.7. The lowest BCUT2D eigenvalue weighted by Crippen LogP contribution is -2.47. The summed E-state index contributed by atoms with van der Waals surface area (Å²) in [6, 6.07) is -0.576. The molecular weight excluding hydrogens is 264 g/mol. The lowest BCUT2D eigenvalue weighted by atomic mass is 10.4. The minimum Gasteiger partial charge on any atom is -0.480 e. The van der Waals surface area contributed by atoms with Crippen molar-refractivity contribution in [3.63, 3.8) is 0 Å². The van der Waals surface area contributed by atoms with E-state index in [1.54, 1.807) is 0 Å². The summed E-state index contributed by atoms with van der Waals surface area (Å²) in [5.41, 5.74) is 4.98. The molecule has 0 atom stereocenters. The van der Waals surface area contributed by atoms with E-state index in [9.17, 15) is 14.4 Å². The van der Waals surface area contributed by atoms with Crippen molar-refractivity contribution in [1.29, 1.82) is 0 Å². The fourth-order valence-corrected chi connectivity index (χ4v) is 2.17. The highest BCUT2D eigenvalue weighted by molar-refractivity contribution is 5.85. The van der Waals surface area contributed by atoms with Gasteiger partial charge in [0.05, 0.1) is 0 Å². The van der Waals surface area contributed by atoms with Crippen molar-refractivity contribution in [1.82, 2.24) is 15.1 Å². The Labute approximate surface area is 117 Å². The van der Waals surface area contributed by atoms with Gasteiger partial charge >= 0.3 is 12.0 Å². The highest BCUT2D eigenvalue weighted by atomic mass is 16.4. The second-order valence-electron chi connectivity index (χ2n) is 4.85. The van der Waals surface area contributed by atoms with Crippen LogP contribution in [0.2, 0.25) is 0 Å². The van der Waals surface area contributed by atoms with Gasteiger partial charge in [-0.2, -0.15) is 0 Å². The molecule has 4 N–H and O–H groups in total. The van der Waals surface area contributed by atoms with Gasteiger partial charge in [0.25, 0.3) is 0 Å². The molecule has 0 aromatic heterocycles. The first-order chi connectivity index (χ1) is 9.49. The Morgan fingerprint density at radius 1 is 1.20 bits per heavy atom. The molecule has 1 saturated heterocycles. The molecule has 0 spiro atoms. The first-order valence-electron chi connectivity index (χ1n) is 6.74. The molecule has 8 nitrogen and oxygen atoms in total. The van der Waals surface area contributed by atoms with E-state index in [0.717, 1.165) is 31.0 Å². The Kier molecular flexibility index (Phi) is 6.78. The van der Waals surface area contributed by atoms with Crippen LogP contribution < -0.4 is 11.1 Å². The summed E-state index contributed by atoms with van der Waals surface area (Å²) in [6.07, 6.45) is 3.23. The molecule has 0 aromatic rings. The van der Waals surface area contributed by atoms with Crippen LogP contribution in [0.3, 0.4) is 0 Å². The molecule has 0 aromatic carbocycles. The summed E-state index contributed by atoms with van der Waals surface area (Å²) in [7, 11) is 0. The smallest absolute Gasteiger partial charge is 0.323 e. The number of aliphatic carboxylic acids is 1. The van der Waals surface area contributed by atoms with E-state index < -0.39 is 31.0 Å². The van der Waals surface area contributed by atoms with Crippen molar-refractivity contribution >= 4 is 17.9 Å². The number of urea groups is 1. The van der Waals surface area contributed by atoms with Gasteiger partial charge in [-0.05, 0) is 38.9 Å². The summed E-state index contributed by atoms with van der Waals surface area (Å²) in [4.78, 5) is 36.4. The van der Waals surface area contributed by atoms with Gasteiger partial charge in [-0.25, -0.2) is 4.79 Å². The highest BCUT2D eigenvalue weighted by Crippen LogP contribution is 2.06. The Bertz CT molecular complexity index is 339. The quantitative estimate of drug-likeness (QED) is 0.498. The predicted molar refractivity (Wildman–Crippen MR) is 72.1 cm³/mol. The van der Waals surface area contributed by atoms with Crippen molar-refractivity contribution in [3.8, 4) is 0 Å². The number of hydrogen-bond acceptors (Lipinski definition) is 4. The number of amides is 3. The zero-order valence-corrected chi connectivity index (χ0v) is 11.5. The fraction of sp³-hybridized carbons (Fsp3) is 0.750. The second-order valence-corrected chi connectivity index (χ2v) is 4.85. The summed E-state index contributed by atoms with van der Waals surface area (Å²) >= 11 is 0. The number of carbonyl (C=O) groups is 3. The van der Waals surface area contributed by atoms with Crippen molar-refractivity contribution < 1.29 is 19.5 Å². The SMILES string of the molecule is NC(=O)CN(CC(=O)O)C(=O)NCCCN1CCCC1. The van der Waals surface area contributed by atoms with E-state index >= 15 is 0 Å². The fourth-order valence-electron chi connectivity index (χ4n) is 2.17. The molecule has 1 aliphatic heterocycles. The van der Waals surface area contributed by atoms with E-state index in [0.29, 0.717) is 6.54 Å². The molecule has 1 heterocycles. The summed E-state index contributed by atoms with van der Waals surface area (Å²) in [5, 5.41) is 11.3. The molecular formula is C12H22N4O4. The molecule has 1 rings (SSSR count). The zero-order chi connectivity index (χ0) is 15.0. The number of primary amides is 1. The third-order valence-electron chi connectivity index (χ3n) is 3.09. The molecule has 0 saturated carbocycles. The van der Waals surface area contributed by atoms with Crippen LogP contribution in [0, 0.1) is 0 Å². The van der Waals surface area contributed by atoms with Crippen LogP contribution in [0.25, 0.3) is 0 Å². The molecule has 0 bridgehead atoms. The van der Waals surface area contributed by atoms with Crippen molar-refractivity contribution in [2.24, 2.45) is 5.73 Å². The number of carboxylic acid groups (broad SMARTS) is 1. The predicted octanol–water partition coefficient (Wildman–Crippen LogP) is -0.946. The number of rotatable bonds is 8. The van der Waals surface area contributed by atoms with Gasteiger partial charge in [0, 0.05) is 6.54 Å². The van der Waals surface area contributed by atoms with Crippen LogP contribution in [0.5, 0.6) is 0 Å². The molecule has 114 valence electrons. The lowest BCUT2D eigenvalue weighted by Gasteiger charge is -2.20. The van der Waals surface area contributed by atoms with Crippen molar-refractivity contribution in [2.75, 3.05) is 39.3 Å². The maximum Gasteiger partial charge on any atom is 0.323 e. The van der Waals surface area contributed by atoms with Gasteiger partial charge in [-0.1, -0.05) is 0 Å². The van der Waals surface area contributed by atoms with E-state index in [1.165, 1.54) is 12.8 Å². The molecule has 20 heavy (non-hydrogen) atoms. The van der Waals surface area contributed by atoms with Gasteiger partial charge in [0.1, 0.15) is 13.1 Å². The number of likely N-dealkylation sites (tertiary alicyclic amines) is 1. The Balaban J connectivity index is 2.25. The van der Waals surface area contributed by atoms with Crippen LogP contribution in [0.1, 0.15) is 19.3 Å². The van der Waals surface area contributed by atoms with Gasteiger partial charge in [0.2, 0.25) is 5.91 Å². The normalized spacial score (nSPS) is 15.0. The number of nitrogens with zero attached hydrogens (tertiary/aromatic N) is 2. The van der Waals surface area contributed by atoms with E-state index in [2.05, 4.69) is 10.2 Å². The third kappa shape index (κ3) is 6.37. The van der Waals surface area contributed by atoms with E-state index in [4.69, 9.17) is 10.8 Å². The molecule has 8 heteroatoms. The van der Waals surface area contributed by atoms with Crippen LogP contribution >= 0.6 is 0 Å². The lowest BCUT2D eigenvalue weighted by molar-refractivity contribution is -0.137. The first kappa shape index (κ1) is 16.2. The number of carbonyl (C=O) groups excluding carboxylic acids is 2. The zero-order valence-electron chi connectivity index (χ0n) is 11.5. The van der Waals surface area contributed by atoms with Gasteiger partial charge in [-0.3, -0.25) is 9.59 Å². The van der Waals surface area contributed by atoms with Gasteiger partial charge in [0.15, 0.2) is 0 Å². The number of carboxylic acids is 1. The molecule has 3 amide bonds. The van der Waals surface area contributed by atoms with E-state index in [-0.39, 0.29) is 0 Å². The van der Waals surface area contributed by atoms with Gasteiger partial charge < -0.3 is 26.0 Å². The summed E-state index contributed by atoms with van der Waals surface area (Å²) in [6.45, 7) is 2.62. The van der Waals surface area contributed by atoms with Crippen molar-refractivity contribution in [2.45, 2.75) is 19.3 Å². The van der Waals surface area contributed by atoms with Crippen molar-refractivity contribution in [3.05, 3.63) is 0 Å². The Morgan fingerprint density at radius 3 is 2.40 bits per heavy atom. The highest BCUT2D eigenvalue weighted by Gasteiger charge is 2.18. The van der Waals surface area contributed by atoms with Crippen LogP contribution in [0.4, 0.5) is 4.79 Å². The first-order valence-corrected chi connectivity index (χ1v) is 6.74. The third-order valence-corrected chi connectivity index (χ3v) is 3.09. The largest absolute Gasteiger partial charge is 0.480 e. The number of nitrogens with two attached hydrogens (primary N) is 1. The second kappa shape index (κ2) is 8.36. The standard InChI is InChI=1S/C12H22N4O4/c13-10(17)8-16(9-11(18)19)12(20)14-4-3-7-15-5-1-2-6-15/h1-9H2,(H2,13,17)(H,14,20)(H,18,19). The van der Waals surface area contributed by atoms with Gasteiger partial charge in [-0.15, -0.1) is 0 Å². The van der Waals surface area contributed by atoms with E-state index in [1.807, 2.05) is 0 Å². The molecule has 0 radical (unpaired) electrons. The summed E-state index contributed by atoms with van der Waals surface area (Å²) < 4.78 is 0. The molecule has 0 aliphatic carbocycles. The molecule has 0 unspecified atom stereocenters. The maximum absolute atomic E-state index is 11.7. The Morgan fingerprint density at radius 2 is 1.85 bits per heavy atom. The van der Waals surface area contributed by atoms with Crippen LogP contribution in [-0.4, -0.2) is 72.1 Å². The average molecular weight is 286 g/mol. The number of nitrogens with one attached hydrogen (secondary N) is 1. The molecule has 1 fully saturated rings. The van der Waals surface area contributed by atoms with Crippen LogP contribution in [-0.2, 0) is 9.59 Å². The molecule has 1 aliphatic rings. The Hall–Kier alpha value is -1.83. The monoisotopic (exact) mass is 286 g/mol. The van der Waals surface area contributed by atoms with Crippen LogP contribution in [0.15, 0.2) is 0 Å². The minimum atomic E-state index is -1.18. The number of hydrogen-bond donors (Lipinski definition) is 3. The topological polar surface area (TPSA) is 116 Å². The summed E-state index contributed by atoms with van der Waals surface area (Å²) in [5.74, 6) is -1.92.